The van der Waals surface area contributed by atoms with Gasteiger partial charge in [-0.2, -0.15) is 0 Å². The van der Waals surface area contributed by atoms with E-state index in [4.69, 9.17) is 5.73 Å². The lowest BCUT2D eigenvalue weighted by Gasteiger charge is -2.44. The quantitative estimate of drug-likeness (QED) is 0.785. The summed E-state index contributed by atoms with van der Waals surface area (Å²) in [5.41, 5.74) is 11.3. The molecule has 0 radical (unpaired) electrons. The molecule has 92 valence electrons. The Morgan fingerprint density at radius 3 is 2.76 bits per heavy atom. The highest BCUT2D eigenvalue weighted by molar-refractivity contribution is 5.44. The van der Waals surface area contributed by atoms with Gasteiger partial charge in [0.05, 0.1) is 0 Å². The molecule has 17 heavy (non-hydrogen) atoms. The molecule has 2 N–H and O–H groups in total. The van der Waals surface area contributed by atoms with Crippen molar-refractivity contribution >= 4 is 0 Å². The smallest absolute Gasteiger partial charge is 0.000129 e. The highest BCUT2D eigenvalue weighted by atomic mass is 14.6. The fourth-order valence-corrected chi connectivity index (χ4v) is 4.47. The summed E-state index contributed by atoms with van der Waals surface area (Å²) in [4.78, 5) is 0. The number of fused-ring (bicyclic) bond motifs is 2. The van der Waals surface area contributed by atoms with Crippen LogP contribution in [0.25, 0.3) is 0 Å². The van der Waals surface area contributed by atoms with Crippen molar-refractivity contribution in [2.45, 2.75) is 50.9 Å². The van der Waals surface area contributed by atoms with Gasteiger partial charge < -0.3 is 5.73 Å². The Balaban J connectivity index is 2.16. The number of rotatable bonds is 1. The monoisotopic (exact) mass is 229 g/mol. The molecule has 1 saturated carbocycles. The second kappa shape index (κ2) is 4.13. The normalized spacial score (nSPS) is 26.1. The molecular formula is C16H23N. The van der Waals surface area contributed by atoms with E-state index in [2.05, 4.69) is 25.1 Å². The van der Waals surface area contributed by atoms with Crippen LogP contribution < -0.4 is 5.73 Å². The van der Waals surface area contributed by atoms with Crippen molar-refractivity contribution in [3.05, 3.63) is 34.9 Å². The van der Waals surface area contributed by atoms with Crippen LogP contribution in [0.5, 0.6) is 0 Å². The van der Waals surface area contributed by atoms with Gasteiger partial charge in [-0.25, -0.2) is 0 Å². The minimum atomic E-state index is 0.438. The van der Waals surface area contributed by atoms with E-state index in [0.717, 1.165) is 12.5 Å². The van der Waals surface area contributed by atoms with Gasteiger partial charge in [-0.3, -0.25) is 0 Å². The number of hydrogen-bond acceptors (Lipinski definition) is 1. The molecule has 1 spiro atoms. The number of aryl methyl sites for hydroxylation is 2. The van der Waals surface area contributed by atoms with Gasteiger partial charge in [0.2, 0.25) is 0 Å². The first-order valence-electron chi connectivity index (χ1n) is 7.07. The molecule has 0 amide bonds. The number of nitrogens with two attached hydrogens (primary N) is 1. The Bertz CT molecular complexity index is 416. The average Bonchev–Trinajstić information content (AvgIpc) is 2.79. The van der Waals surface area contributed by atoms with E-state index >= 15 is 0 Å². The summed E-state index contributed by atoms with van der Waals surface area (Å²) in [7, 11) is 0. The van der Waals surface area contributed by atoms with Gasteiger partial charge in [-0.15, -0.1) is 0 Å². The Kier molecular flexibility index (Phi) is 2.74. The number of hydrogen-bond donors (Lipinski definition) is 1. The van der Waals surface area contributed by atoms with Crippen molar-refractivity contribution in [3.8, 4) is 0 Å². The molecule has 0 bridgehead atoms. The second-order valence-corrected chi connectivity index (χ2v) is 5.94. The fourth-order valence-electron chi connectivity index (χ4n) is 4.47. The zero-order chi connectivity index (χ0) is 11.9. The molecule has 1 atom stereocenters. The molecule has 1 aromatic carbocycles. The first-order valence-corrected chi connectivity index (χ1v) is 7.07. The Morgan fingerprint density at radius 2 is 2.06 bits per heavy atom. The van der Waals surface area contributed by atoms with Crippen LogP contribution in [-0.4, -0.2) is 6.54 Å². The summed E-state index contributed by atoms with van der Waals surface area (Å²) < 4.78 is 0. The zero-order valence-electron chi connectivity index (χ0n) is 10.8. The molecule has 1 nitrogen and oxygen atoms in total. The van der Waals surface area contributed by atoms with Crippen molar-refractivity contribution in [2.75, 3.05) is 6.54 Å². The molecule has 1 fully saturated rings. The maximum atomic E-state index is 6.06. The van der Waals surface area contributed by atoms with Gasteiger partial charge in [0, 0.05) is 0 Å². The van der Waals surface area contributed by atoms with Crippen LogP contribution in [-0.2, 0) is 11.8 Å². The summed E-state index contributed by atoms with van der Waals surface area (Å²) in [5, 5.41) is 0. The van der Waals surface area contributed by atoms with E-state index in [1.807, 2.05) is 0 Å². The van der Waals surface area contributed by atoms with E-state index in [1.54, 1.807) is 11.1 Å². The van der Waals surface area contributed by atoms with Crippen molar-refractivity contribution in [1.82, 2.24) is 0 Å². The molecule has 0 aliphatic heterocycles. The van der Waals surface area contributed by atoms with Crippen LogP contribution in [0.1, 0.15) is 48.8 Å². The Morgan fingerprint density at radius 1 is 1.29 bits per heavy atom. The van der Waals surface area contributed by atoms with E-state index < -0.39 is 0 Å². The number of benzene rings is 1. The lowest BCUT2D eigenvalue weighted by molar-refractivity contribution is 0.242. The van der Waals surface area contributed by atoms with Crippen LogP contribution in [0.2, 0.25) is 0 Å². The summed E-state index contributed by atoms with van der Waals surface area (Å²) in [6.45, 7) is 3.16. The van der Waals surface area contributed by atoms with Crippen molar-refractivity contribution in [1.29, 1.82) is 0 Å². The zero-order valence-corrected chi connectivity index (χ0v) is 10.8. The largest absolute Gasteiger partial charge is 0.330 e. The molecule has 2 aliphatic carbocycles. The van der Waals surface area contributed by atoms with Gasteiger partial charge in [-0.05, 0) is 67.2 Å². The van der Waals surface area contributed by atoms with Gasteiger partial charge in [0.25, 0.3) is 0 Å². The maximum absolute atomic E-state index is 6.06. The molecule has 1 aromatic rings. The standard InChI is InChI=1S/C16H23N/c1-12-5-4-6-13-7-8-14(11-17)16(15(12)13)9-2-3-10-16/h4-6,14H,2-3,7-11,17H2,1H3. The topological polar surface area (TPSA) is 26.0 Å². The lowest BCUT2D eigenvalue weighted by Crippen LogP contribution is -2.41. The van der Waals surface area contributed by atoms with Crippen LogP contribution in [0.4, 0.5) is 0 Å². The molecule has 1 heteroatoms. The van der Waals surface area contributed by atoms with Crippen LogP contribution in [0.15, 0.2) is 18.2 Å². The molecular weight excluding hydrogens is 206 g/mol. The SMILES string of the molecule is Cc1cccc2c1C1(CCCC1)C(CN)CC2. The first kappa shape index (κ1) is 11.3. The van der Waals surface area contributed by atoms with Crippen molar-refractivity contribution < 1.29 is 0 Å². The van der Waals surface area contributed by atoms with Crippen LogP contribution in [0, 0.1) is 12.8 Å². The highest BCUT2D eigenvalue weighted by Crippen LogP contribution is 2.52. The van der Waals surface area contributed by atoms with Gasteiger partial charge >= 0.3 is 0 Å². The predicted octanol–water partition coefficient (Wildman–Crippen LogP) is 3.33. The third-order valence-corrected chi connectivity index (χ3v) is 5.18. The third kappa shape index (κ3) is 1.55. The second-order valence-electron chi connectivity index (χ2n) is 5.94. The highest BCUT2D eigenvalue weighted by Gasteiger charge is 2.45. The third-order valence-electron chi connectivity index (χ3n) is 5.18. The molecule has 2 aliphatic rings. The molecule has 0 heterocycles. The Hall–Kier alpha value is -0.820. The van der Waals surface area contributed by atoms with E-state index in [1.165, 1.54) is 44.1 Å². The van der Waals surface area contributed by atoms with Gasteiger partial charge in [-0.1, -0.05) is 31.0 Å². The Labute approximate surface area is 104 Å². The summed E-state index contributed by atoms with van der Waals surface area (Å²) in [5.74, 6) is 0.721. The minimum absolute atomic E-state index is 0.438. The summed E-state index contributed by atoms with van der Waals surface area (Å²) >= 11 is 0. The average molecular weight is 229 g/mol. The fraction of sp³-hybridized carbons (Fsp3) is 0.625. The minimum Gasteiger partial charge on any atom is -0.330 e. The molecule has 0 saturated heterocycles. The maximum Gasteiger partial charge on any atom is -0.000129 e. The molecule has 1 unspecified atom stereocenters. The van der Waals surface area contributed by atoms with Crippen LogP contribution >= 0.6 is 0 Å². The first-order chi connectivity index (χ1) is 8.28. The molecule has 3 rings (SSSR count). The van der Waals surface area contributed by atoms with E-state index in [0.29, 0.717) is 5.41 Å². The summed E-state index contributed by atoms with van der Waals surface area (Å²) in [6.07, 6.45) is 8.06. The van der Waals surface area contributed by atoms with E-state index in [-0.39, 0.29) is 0 Å². The predicted molar refractivity (Wildman–Crippen MR) is 72.2 cm³/mol. The van der Waals surface area contributed by atoms with Crippen molar-refractivity contribution in [3.63, 3.8) is 0 Å². The van der Waals surface area contributed by atoms with E-state index in [9.17, 15) is 0 Å². The van der Waals surface area contributed by atoms with Gasteiger partial charge in [0.1, 0.15) is 0 Å². The lowest BCUT2D eigenvalue weighted by atomic mass is 9.61. The van der Waals surface area contributed by atoms with Crippen molar-refractivity contribution in [2.24, 2.45) is 11.7 Å². The van der Waals surface area contributed by atoms with Gasteiger partial charge in [0.15, 0.2) is 0 Å². The van der Waals surface area contributed by atoms with Crippen LogP contribution in [0.3, 0.4) is 0 Å². The molecule has 0 aromatic heterocycles. The summed E-state index contributed by atoms with van der Waals surface area (Å²) in [6, 6.07) is 6.85.